The summed E-state index contributed by atoms with van der Waals surface area (Å²) in [5.74, 6) is -0.475. The third kappa shape index (κ3) is 5.02. The number of alkyl carbamates (subject to hydrolysis) is 1. The van der Waals surface area contributed by atoms with Crippen LogP contribution in [0, 0.1) is 10.1 Å². The number of benzene rings is 1. The zero-order chi connectivity index (χ0) is 22.1. The average molecular weight is 437 g/mol. The first-order valence-electron chi connectivity index (χ1n) is 9.38. The minimum Gasteiger partial charge on any atom is -0.459 e. The Bertz CT molecular complexity index is 853. The Balaban J connectivity index is 1.56. The molecule has 2 aliphatic rings. The van der Waals surface area contributed by atoms with Crippen LogP contribution in [0.5, 0.6) is 0 Å². The number of non-ortho nitro benzene ring substituents is 1. The number of carbonyl (C=O) groups is 3. The molecule has 0 aliphatic carbocycles. The van der Waals surface area contributed by atoms with Crippen LogP contribution in [0.15, 0.2) is 24.3 Å². The van der Waals surface area contributed by atoms with Crippen LogP contribution >= 0.6 is 11.8 Å². The van der Waals surface area contributed by atoms with Crippen LogP contribution in [0.3, 0.4) is 0 Å². The first-order valence-corrected chi connectivity index (χ1v) is 10.4. The van der Waals surface area contributed by atoms with E-state index in [1.165, 1.54) is 40.9 Å². The average Bonchev–Trinajstić information content (AvgIpc) is 3.19. The van der Waals surface area contributed by atoms with Crippen molar-refractivity contribution in [2.45, 2.75) is 56.9 Å². The number of nitro groups is 1. The second-order valence-electron chi connectivity index (χ2n) is 8.02. The molecule has 2 aliphatic heterocycles. The van der Waals surface area contributed by atoms with Gasteiger partial charge in [0, 0.05) is 24.3 Å². The Morgan fingerprint density at radius 2 is 1.97 bits per heavy atom. The van der Waals surface area contributed by atoms with Gasteiger partial charge in [0.05, 0.1) is 10.3 Å². The molecule has 162 valence electrons. The highest BCUT2D eigenvalue weighted by atomic mass is 32.2. The van der Waals surface area contributed by atoms with Gasteiger partial charge < -0.3 is 19.7 Å². The molecule has 0 unspecified atom stereocenters. The van der Waals surface area contributed by atoms with E-state index in [1.54, 1.807) is 20.8 Å². The molecule has 3 atom stereocenters. The molecule has 1 N–H and O–H groups in total. The second kappa shape index (κ2) is 8.50. The molecular weight excluding hydrogens is 414 g/mol. The van der Waals surface area contributed by atoms with Gasteiger partial charge in [0.2, 0.25) is 5.91 Å². The molecule has 1 aromatic carbocycles. The number of nitro benzene ring substituents is 1. The van der Waals surface area contributed by atoms with E-state index in [0.717, 1.165) is 0 Å². The summed E-state index contributed by atoms with van der Waals surface area (Å²) in [4.78, 5) is 48.9. The van der Waals surface area contributed by atoms with Crippen molar-refractivity contribution in [3.05, 3.63) is 39.9 Å². The van der Waals surface area contributed by atoms with Gasteiger partial charge in [-0.05, 0) is 38.5 Å². The van der Waals surface area contributed by atoms with Crippen molar-refractivity contribution in [1.82, 2.24) is 10.2 Å². The van der Waals surface area contributed by atoms with Gasteiger partial charge in [0.25, 0.3) is 5.69 Å². The largest absolute Gasteiger partial charge is 0.459 e. The highest BCUT2D eigenvalue weighted by molar-refractivity contribution is 8.00. The minimum absolute atomic E-state index is 0.0497. The molecule has 2 heterocycles. The normalized spacial score (nSPS) is 23.1. The number of esters is 1. The first kappa shape index (κ1) is 21.9. The maximum Gasteiger partial charge on any atom is 0.408 e. The number of hydrogen-bond acceptors (Lipinski definition) is 8. The van der Waals surface area contributed by atoms with Crippen molar-refractivity contribution >= 4 is 35.4 Å². The van der Waals surface area contributed by atoms with E-state index in [9.17, 15) is 24.5 Å². The molecule has 0 bridgehead atoms. The fourth-order valence-corrected chi connectivity index (χ4v) is 4.68. The van der Waals surface area contributed by atoms with E-state index < -0.39 is 34.7 Å². The Labute approximate surface area is 177 Å². The maximum absolute atomic E-state index is 12.7. The minimum atomic E-state index is -0.748. The van der Waals surface area contributed by atoms with Gasteiger partial charge in [0.15, 0.2) is 0 Å². The fourth-order valence-electron chi connectivity index (χ4n) is 3.24. The Kier molecular flexibility index (Phi) is 6.20. The number of nitrogens with zero attached hydrogens (tertiary/aromatic N) is 2. The molecule has 2 fully saturated rings. The van der Waals surface area contributed by atoms with Gasteiger partial charge in [0.1, 0.15) is 24.3 Å². The number of carbonyl (C=O) groups excluding carboxylic acids is 3. The van der Waals surface area contributed by atoms with Crippen molar-refractivity contribution in [3.8, 4) is 0 Å². The van der Waals surface area contributed by atoms with Gasteiger partial charge in [-0.2, -0.15) is 0 Å². The number of ether oxygens (including phenoxy) is 2. The maximum atomic E-state index is 12.7. The summed E-state index contributed by atoms with van der Waals surface area (Å²) < 4.78 is 10.5. The van der Waals surface area contributed by atoms with Crippen molar-refractivity contribution in [2.24, 2.45) is 0 Å². The van der Waals surface area contributed by atoms with Crippen LogP contribution < -0.4 is 5.32 Å². The van der Waals surface area contributed by atoms with Crippen LogP contribution in [-0.2, 0) is 25.7 Å². The van der Waals surface area contributed by atoms with Gasteiger partial charge in [-0.1, -0.05) is 0 Å². The van der Waals surface area contributed by atoms with Gasteiger partial charge in [-0.15, -0.1) is 11.8 Å². The standard InChI is InChI=1S/C19H23N3O7S/c1-19(2,3)29-18(25)20-13-8-15-21(16(13)23)14(10-30-15)17(24)28-9-11-4-6-12(7-5-11)22(26)27/h4-7,13-15H,8-10H2,1-3H3,(H,20,25)/t13-,14+,15+/m0/s1. The lowest BCUT2D eigenvalue weighted by atomic mass is 10.2. The predicted octanol–water partition coefficient (Wildman–Crippen LogP) is 2.21. The molecule has 2 amide bonds. The molecule has 0 radical (unpaired) electrons. The molecule has 0 saturated carbocycles. The van der Waals surface area contributed by atoms with Crippen molar-refractivity contribution in [2.75, 3.05) is 5.75 Å². The summed E-state index contributed by atoms with van der Waals surface area (Å²) in [5.41, 5.74) is -0.124. The highest BCUT2D eigenvalue weighted by Crippen LogP contribution is 2.38. The predicted molar refractivity (Wildman–Crippen MR) is 108 cm³/mol. The lowest BCUT2D eigenvalue weighted by Gasteiger charge is -2.23. The van der Waals surface area contributed by atoms with E-state index in [-0.39, 0.29) is 23.6 Å². The van der Waals surface area contributed by atoms with E-state index in [4.69, 9.17) is 9.47 Å². The number of rotatable bonds is 5. The third-order valence-corrected chi connectivity index (χ3v) is 5.89. The van der Waals surface area contributed by atoms with Crippen LogP contribution in [0.2, 0.25) is 0 Å². The number of fused-ring (bicyclic) bond motifs is 1. The Hall–Kier alpha value is -2.82. The molecule has 3 rings (SSSR count). The van der Waals surface area contributed by atoms with Crippen LogP contribution in [-0.4, -0.2) is 56.6 Å². The Morgan fingerprint density at radius 3 is 2.57 bits per heavy atom. The monoisotopic (exact) mass is 437 g/mol. The zero-order valence-electron chi connectivity index (χ0n) is 16.8. The van der Waals surface area contributed by atoms with Gasteiger partial charge >= 0.3 is 12.1 Å². The van der Waals surface area contributed by atoms with Crippen molar-refractivity contribution < 1.29 is 28.8 Å². The first-order chi connectivity index (χ1) is 14.0. The van der Waals surface area contributed by atoms with Crippen LogP contribution in [0.1, 0.15) is 32.8 Å². The number of thioether (sulfide) groups is 1. The van der Waals surface area contributed by atoms with Gasteiger partial charge in [-0.25, -0.2) is 9.59 Å². The molecule has 0 spiro atoms. The van der Waals surface area contributed by atoms with E-state index in [0.29, 0.717) is 17.7 Å². The van der Waals surface area contributed by atoms with Crippen molar-refractivity contribution in [3.63, 3.8) is 0 Å². The molecule has 10 nitrogen and oxygen atoms in total. The summed E-state index contributed by atoms with van der Waals surface area (Å²) in [6.45, 7) is 5.14. The van der Waals surface area contributed by atoms with E-state index in [2.05, 4.69) is 5.32 Å². The molecule has 1 aromatic rings. The molecule has 30 heavy (non-hydrogen) atoms. The highest BCUT2D eigenvalue weighted by Gasteiger charge is 2.51. The SMILES string of the molecule is CC(C)(C)OC(=O)N[C@H]1C[C@H]2SC[C@H](C(=O)OCc3ccc([N+](=O)[O-])cc3)N2C1=O. The Morgan fingerprint density at radius 1 is 1.30 bits per heavy atom. The third-order valence-electron chi connectivity index (χ3n) is 4.57. The smallest absolute Gasteiger partial charge is 0.408 e. The summed E-state index contributed by atoms with van der Waals surface area (Å²) in [6, 6.07) is 4.21. The lowest BCUT2D eigenvalue weighted by molar-refractivity contribution is -0.384. The number of nitrogens with one attached hydrogen (secondary N) is 1. The number of amides is 2. The van der Waals surface area contributed by atoms with Crippen molar-refractivity contribution in [1.29, 1.82) is 0 Å². The molecular formula is C19H23N3O7S. The molecule has 2 saturated heterocycles. The summed E-state index contributed by atoms with van der Waals surface area (Å²) >= 11 is 1.46. The molecule has 11 heteroatoms. The van der Waals surface area contributed by atoms with E-state index >= 15 is 0 Å². The van der Waals surface area contributed by atoms with E-state index in [1.807, 2.05) is 0 Å². The second-order valence-corrected chi connectivity index (χ2v) is 9.23. The fraction of sp³-hybridized carbons (Fsp3) is 0.526. The summed E-state index contributed by atoms with van der Waals surface area (Å²) in [5, 5.41) is 13.1. The lowest BCUT2D eigenvalue weighted by Crippen LogP contribution is -2.48. The number of hydrogen-bond donors (Lipinski definition) is 1. The quantitative estimate of drug-likeness (QED) is 0.422. The summed E-state index contributed by atoms with van der Waals surface area (Å²) in [6.07, 6.45) is -0.293. The van der Waals surface area contributed by atoms with Crippen LogP contribution in [0.25, 0.3) is 0 Å². The van der Waals surface area contributed by atoms with Gasteiger partial charge in [-0.3, -0.25) is 14.9 Å². The van der Waals surface area contributed by atoms with Crippen LogP contribution in [0.4, 0.5) is 10.5 Å². The topological polar surface area (TPSA) is 128 Å². The molecule has 0 aromatic heterocycles. The summed E-state index contributed by atoms with van der Waals surface area (Å²) in [7, 11) is 0. The zero-order valence-corrected chi connectivity index (χ0v) is 17.6.